The van der Waals surface area contributed by atoms with Crippen LogP contribution in [0.2, 0.25) is 0 Å². The van der Waals surface area contributed by atoms with E-state index in [9.17, 15) is 24.3 Å². The van der Waals surface area contributed by atoms with Crippen LogP contribution in [0.5, 0.6) is 5.75 Å². The van der Waals surface area contributed by atoms with E-state index in [0.717, 1.165) is 71.0 Å². The zero-order valence-electron chi connectivity index (χ0n) is 39.9. The number of nitrogens with zero attached hydrogens (tertiary/aromatic N) is 8. The molecule has 3 aromatic heterocycles. The molecule has 362 valence electrons. The van der Waals surface area contributed by atoms with E-state index in [1.165, 1.54) is 12.0 Å². The number of methoxy groups -OCH3 is 1. The number of ether oxygens (including phenoxy) is 1. The van der Waals surface area contributed by atoms with Gasteiger partial charge in [-0.1, -0.05) is 71.4 Å². The lowest BCUT2D eigenvalue weighted by Crippen LogP contribution is -2.57. The molecular formula is C50H60N12O6S. The summed E-state index contributed by atoms with van der Waals surface area (Å²) >= 11 is 1.57. The highest BCUT2D eigenvalue weighted by Crippen LogP contribution is 2.46. The zero-order chi connectivity index (χ0) is 49.0. The van der Waals surface area contributed by atoms with Crippen molar-refractivity contribution >= 4 is 58.2 Å². The van der Waals surface area contributed by atoms with Crippen molar-refractivity contribution in [3.8, 4) is 21.9 Å². The summed E-state index contributed by atoms with van der Waals surface area (Å²) in [5, 5.41) is 22.6. The van der Waals surface area contributed by atoms with Gasteiger partial charge in [0.05, 0.1) is 52.9 Å². The van der Waals surface area contributed by atoms with E-state index in [0.29, 0.717) is 35.2 Å². The van der Waals surface area contributed by atoms with Crippen molar-refractivity contribution in [3.63, 3.8) is 0 Å². The van der Waals surface area contributed by atoms with Crippen molar-refractivity contribution < 1.29 is 29.0 Å². The molecule has 5 N–H and O–H groups in total. The lowest BCUT2D eigenvalue weighted by Gasteiger charge is -2.42. The molecule has 0 spiro atoms. The van der Waals surface area contributed by atoms with Crippen molar-refractivity contribution in [2.75, 3.05) is 30.4 Å². The number of amides is 4. The van der Waals surface area contributed by atoms with Crippen LogP contribution in [0.4, 0.5) is 23.3 Å². The largest absolute Gasteiger partial charge is 0.495 e. The Morgan fingerprint density at radius 3 is 2.49 bits per heavy atom. The van der Waals surface area contributed by atoms with Crippen molar-refractivity contribution in [1.82, 2.24) is 45.4 Å². The number of aliphatic hydroxyl groups is 1. The minimum absolute atomic E-state index is 0.0288. The van der Waals surface area contributed by atoms with Crippen LogP contribution in [0.25, 0.3) is 21.0 Å². The first kappa shape index (κ1) is 48.5. The molecule has 0 radical (unpaired) electrons. The molecule has 3 aliphatic rings. The summed E-state index contributed by atoms with van der Waals surface area (Å²) in [5.41, 5.74) is 6.51. The summed E-state index contributed by atoms with van der Waals surface area (Å²) in [6.07, 6.45) is 8.06. The van der Waals surface area contributed by atoms with Crippen LogP contribution in [0.1, 0.15) is 112 Å². The quantitative estimate of drug-likeness (QED) is 0.0503. The highest BCUT2D eigenvalue weighted by Gasteiger charge is 2.45. The molecule has 2 fully saturated rings. The van der Waals surface area contributed by atoms with Crippen LogP contribution < -0.4 is 30.9 Å². The Balaban J connectivity index is 0.848. The topological polar surface area (TPSA) is 213 Å². The minimum Gasteiger partial charge on any atom is -0.495 e. The molecule has 0 unspecified atom stereocenters. The SMILES string of the molecule is [C-]#[N+]c1ncn2c1[C@@H](CC)N(C1CCCC1)c1nc(Nc3ccc(C(=O)NCCCC(=O)N[C@H](C(=O)N4C[C@H](O)C[C@H]4C(=O)NCc4ccc(-c5scnc5C)cc4)C(C)(C)C)cc3OC)ncc1-2. The highest BCUT2D eigenvalue weighted by atomic mass is 32.1. The van der Waals surface area contributed by atoms with Gasteiger partial charge in [-0.15, -0.1) is 16.3 Å². The van der Waals surface area contributed by atoms with Crippen molar-refractivity contribution in [1.29, 1.82) is 0 Å². The van der Waals surface area contributed by atoms with Crippen molar-refractivity contribution in [2.45, 2.75) is 123 Å². The van der Waals surface area contributed by atoms with E-state index < -0.39 is 29.5 Å². The standard InChI is InChI=1S/C50H60N12O6S/c1-8-36-41-44(51-6)55-27-61(41)38-25-54-49(59-45(38)62(36)33-12-9-10-13-33)57-35-20-19-32(22-39(35)68-7)46(65)52-21-11-14-40(64)58-43(50(3,4)5)48(67)60-26-34(63)23-37(60)47(66)53-24-30-15-17-31(18-16-30)42-29(2)56-28-69-42/h15-20,22,25,27-28,33-34,36-37,43,63H,8-14,21,23-24,26H2,1-5,7H3,(H,52,65)(H,53,66)(H,58,64)(H,54,57,59)/t34-,36-,37+,43-/m1/s1. The van der Waals surface area contributed by atoms with Gasteiger partial charge in [-0.05, 0) is 67.3 Å². The molecule has 19 heteroatoms. The number of aromatic nitrogens is 5. The average Bonchev–Trinajstić information content (AvgIpc) is 4.19. The molecule has 18 nitrogen and oxygen atoms in total. The normalized spacial score (nSPS) is 18.2. The van der Waals surface area contributed by atoms with Gasteiger partial charge in [0, 0.05) is 44.1 Å². The monoisotopic (exact) mass is 956 g/mol. The fraction of sp³-hybridized carbons (Fsp3) is 0.460. The number of thiazole rings is 1. The second-order valence-corrected chi connectivity index (χ2v) is 19.8. The lowest BCUT2D eigenvalue weighted by atomic mass is 9.85. The Kier molecular flexibility index (Phi) is 14.6. The first-order valence-electron chi connectivity index (χ1n) is 23.6. The van der Waals surface area contributed by atoms with E-state index in [1.54, 1.807) is 42.1 Å². The van der Waals surface area contributed by atoms with E-state index >= 15 is 0 Å². The lowest BCUT2D eigenvalue weighted by molar-refractivity contribution is -0.144. The van der Waals surface area contributed by atoms with Crippen LogP contribution in [-0.4, -0.2) is 103 Å². The van der Waals surface area contributed by atoms with Gasteiger partial charge in [-0.25, -0.2) is 9.97 Å². The van der Waals surface area contributed by atoms with Gasteiger partial charge in [-0.2, -0.15) is 4.98 Å². The predicted octanol–water partition coefficient (Wildman–Crippen LogP) is 6.93. The second kappa shape index (κ2) is 20.8. The third-order valence-electron chi connectivity index (χ3n) is 13.2. The third-order valence-corrected chi connectivity index (χ3v) is 14.2. The molecule has 0 bridgehead atoms. The smallest absolute Gasteiger partial charge is 0.293 e. The summed E-state index contributed by atoms with van der Waals surface area (Å²) in [5.74, 6) is 0.344. The van der Waals surface area contributed by atoms with Gasteiger partial charge >= 0.3 is 0 Å². The molecule has 69 heavy (non-hydrogen) atoms. The molecule has 5 heterocycles. The minimum atomic E-state index is -0.975. The molecule has 1 saturated heterocycles. The van der Waals surface area contributed by atoms with Gasteiger partial charge in [0.15, 0.2) is 12.1 Å². The maximum absolute atomic E-state index is 14.1. The number of aliphatic hydroxyl groups excluding tert-OH is 1. The van der Waals surface area contributed by atoms with Gasteiger partial charge in [0.2, 0.25) is 23.7 Å². The van der Waals surface area contributed by atoms with Crippen molar-refractivity contribution in [3.05, 3.63) is 94.4 Å². The number of nitrogens with one attached hydrogen (secondary N) is 4. The first-order valence-corrected chi connectivity index (χ1v) is 24.5. The van der Waals surface area contributed by atoms with Crippen LogP contribution in [0, 0.1) is 18.9 Å². The molecule has 2 aliphatic heterocycles. The summed E-state index contributed by atoms with van der Waals surface area (Å²) in [7, 11) is 1.51. The second-order valence-electron chi connectivity index (χ2n) is 19.0. The summed E-state index contributed by atoms with van der Waals surface area (Å²) in [6.45, 7) is 17.7. The number of carbonyl (C=O) groups is 4. The van der Waals surface area contributed by atoms with Crippen LogP contribution in [0.3, 0.4) is 0 Å². The average molecular weight is 957 g/mol. The molecule has 8 rings (SSSR count). The van der Waals surface area contributed by atoms with Crippen LogP contribution in [0.15, 0.2) is 60.5 Å². The summed E-state index contributed by atoms with van der Waals surface area (Å²) in [4.78, 5) is 81.2. The third kappa shape index (κ3) is 10.4. The fourth-order valence-electron chi connectivity index (χ4n) is 9.62. The molecule has 5 aromatic rings. The van der Waals surface area contributed by atoms with E-state index in [-0.39, 0.29) is 62.3 Å². The number of benzene rings is 2. The number of rotatable bonds is 16. The number of aryl methyl sites for hydroxylation is 1. The number of carbonyl (C=O) groups excluding carboxylic acids is 4. The number of hydrogen-bond donors (Lipinski definition) is 5. The Hall–Kier alpha value is -6.91. The molecule has 2 aromatic carbocycles. The number of imidazole rings is 1. The van der Waals surface area contributed by atoms with E-state index in [4.69, 9.17) is 16.3 Å². The molecule has 1 aliphatic carbocycles. The molecular weight excluding hydrogens is 897 g/mol. The maximum Gasteiger partial charge on any atom is 0.293 e. The molecule has 4 atom stereocenters. The van der Waals surface area contributed by atoms with E-state index in [1.807, 2.05) is 62.0 Å². The van der Waals surface area contributed by atoms with E-state index in [2.05, 4.69) is 52.9 Å². The van der Waals surface area contributed by atoms with Crippen molar-refractivity contribution in [2.24, 2.45) is 5.41 Å². The van der Waals surface area contributed by atoms with Gasteiger partial charge in [0.25, 0.3) is 11.7 Å². The first-order chi connectivity index (χ1) is 33.2. The fourth-order valence-corrected chi connectivity index (χ4v) is 10.4. The Morgan fingerprint density at radius 1 is 1.04 bits per heavy atom. The number of anilines is 3. The van der Waals surface area contributed by atoms with Gasteiger partial charge < -0.3 is 45.8 Å². The molecule has 4 amide bonds. The number of likely N-dealkylation sites (tertiary alicyclic amines) is 1. The number of hydrogen-bond acceptors (Lipinski definition) is 13. The predicted molar refractivity (Wildman–Crippen MR) is 263 cm³/mol. The maximum atomic E-state index is 14.1. The van der Waals surface area contributed by atoms with Gasteiger partial charge in [-0.3, -0.25) is 23.7 Å². The molecule has 1 saturated carbocycles. The number of fused-ring (bicyclic) bond motifs is 3. The summed E-state index contributed by atoms with van der Waals surface area (Å²) in [6, 6.07) is 11.2. The zero-order valence-corrected chi connectivity index (χ0v) is 40.7. The van der Waals surface area contributed by atoms with Gasteiger partial charge in [0.1, 0.15) is 23.5 Å². The highest BCUT2D eigenvalue weighted by molar-refractivity contribution is 7.13. The van der Waals surface area contributed by atoms with Crippen LogP contribution >= 0.6 is 11.3 Å². The summed E-state index contributed by atoms with van der Waals surface area (Å²) < 4.78 is 7.64. The Morgan fingerprint density at radius 2 is 1.81 bits per heavy atom. The van der Waals surface area contributed by atoms with Crippen LogP contribution in [-0.2, 0) is 20.9 Å². The Bertz CT molecular complexity index is 2740. The number of β-amino-alcohol motifs (C(OH)–C–C–N with tert-alkyl or cyclic N) is 1. The Labute approximate surface area is 406 Å².